The van der Waals surface area contributed by atoms with E-state index >= 15 is 0 Å². The first kappa shape index (κ1) is 14.9. The Kier molecular flexibility index (Phi) is 4.07. The molecule has 20 heavy (non-hydrogen) atoms. The Morgan fingerprint density at radius 2 is 2.30 bits per heavy atom. The summed E-state index contributed by atoms with van der Waals surface area (Å²) in [5.74, 6) is 0. The second-order valence-electron chi connectivity index (χ2n) is 4.94. The fraction of sp³-hybridized carbons (Fsp3) is 0.667. The van der Waals surface area contributed by atoms with Gasteiger partial charge < -0.3 is 14.9 Å². The summed E-state index contributed by atoms with van der Waals surface area (Å²) in [6, 6.07) is 0. The lowest BCUT2D eigenvalue weighted by Gasteiger charge is -2.30. The molecule has 112 valence electrons. The lowest BCUT2D eigenvalue weighted by atomic mass is 10.0. The van der Waals surface area contributed by atoms with Gasteiger partial charge in [-0.2, -0.15) is 0 Å². The Morgan fingerprint density at radius 1 is 1.60 bits per heavy atom. The molecule has 1 aromatic rings. The molecular weight excluding hydrogens is 271 g/mol. The van der Waals surface area contributed by atoms with Crippen molar-refractivity contribution in [3.63, 3.8) is 0 Å². The third kappa shape index (κ3) is 2.41. The van der Waals surface area contributed by atoms with Gasteiger partial charge in [0.1, 0.15) is 6.10 Å². The molecule has 0 unspecified atom stereocenters. The number of H-pyrrole nitrogens is 1. The normalized spacial score (nSPS) is 29.8. The Hall–Kier alpha value is -1.51. The van der Waals surface area contributed by atoms with Gasteiger partial charge in [0.25, 0.3) is 5.56 Å². The Labute approximate surface area is 113 Å². The lowest BCUT2D eigenvalue weighted by Crippen LogP contribution is -2.45. The highest BCUT2D eigenvalue weighted by Crippen LogP contribution is 2.37. The minimum atomic E-state index is -1.40. The standard InChI is InChI=1S/C12H17FN2O5/c1-7-5-15(11(19)14-10(7)18)12(2-3-13)4-8(17)9(6-16)20-12/h5,8-9,16-17H,2-4,6H2,1H3,(H,14,18,19)/t8-,9+,12+/m0/s1. The van der Waals surface area contributed by atoms with Crippen molar-refractivity contribution in [2.24, 2.45) is 0 Å². The molecule has 1 aromatic heterocycles. The molecule has 3 atom stereocenters. The summed E-state index contributed by atoms with van der Waals surface area (Å²) in [4.78, 5) is 25.4. The zero-order valence-electron chi connectivity index (χ0n) is 11.0. The molecule has 7 nitrogen and oxygen atoms in total. The summed E-state index contributed by atoms with van der Waals surface area (Å²) in [7, 11) is 0. The summed E-state index contributed by atoms with van der Waals surface area (Å²) >= 11 is 0. The van der Waals surface area contributed by atoms with Gasteiger partial charge in [0.15, 0.2) is 5.72 Å². The van der Waals surface area contributed by atoms with Gasteiger partial charge in [0.2, 0.25) is 0 Å². The number of aromatic amines is 1. The molecule has 1 saturated heterocycles. The SMILES string of the molecule is Cc1cn([C@@]2(CCF)C[C@H](O)[C@@H](CO)O2)c(=O)[nH]c1=O. The van der Waals surface area contributed by atoms with E-state index in [4.69, 9.17) is 9.84 Å². The maximum Gasteiger partial charge on any atom is 0.330 e. The topological polar surface area (TPSA) is 105 Å². The molecule has 0 aromatic carbocycles. The van der Waals surface area contributed by atoms with E-state index in [1.165, 1.54) is 13.1 Å². The van der Waals surface area contributed by atoms with Gasteiger partial charge >= 0.3 is 5.69 Å². The fourth-order valence-corrected chi connectivity index (χ4v) is 2.48. The number of halogens is 1. The summed E-state index contributed by atoms with van der Waals surface area (Å²) < 4.78 is 19.4. The van der Waals surface area contributed by atoms with E-state index < -0.39 is 42.5 Å². The summed E-state index contributed by atoms with van der Waals surface area (Å²) in [6.45, 7) is 0.300. The zero-order chi connectivity index (χ0) is 14.9. The van der Waals surface area contributed by atoms with E-state index in [2.05, 4.69) is 4.98 Å². The van der Waals surface area contributed by atoms with Gasteiger partial charge in [-0.1, -0.05) is 0 Å². The number of nitrogens with one attached hydrogen (secondary N) is 1. The first-order valence-electron chi connectivity index (χ1n) is 6.29. The smallest absolute Gasteiger partial charge is 0.330 e. The summed E-state index contributed by atoms with van der Waals surface area (Å²) in [5, 5.41) is 19.0. The van der Waals surface area contributed by atoms with Crippen LogP contribution in [0.3, 0.4) is 0 Å². The molecular formula is C12H17FN2O5. The average Bonchev–Trinajstić information content (AvgIpc) is 2.71. The van der Waals surface area contributed by atoms with Crippen LogP contribution in [0.4, 0.5) is 4.39 Å². The highest BCUT2D eigenvalue weighted by atomic mass is 19.1. The molecule has 1 fully saturated rings. The molecule has 1 aliphatic heterocycles. The molecule has 0 radical (unpaired) electrons. The molecule has 0 amide bonds. The van der Waals surface area contributed by atoms with Crippen LogP contribution in [-0.4, -0.2) is 45.3 Å². The number of alkyl halides is 1. The molecule has 2 heterocycles. The molecule has 1 aliphatic rings. The third-order valence-corrected chi connectivity index (χ3v) is 3.55. The van der Waals surface area contributed by atoms with Crippen molar-refractivity contribution < 1.29 is 19.3 Å². The van der Waals surface area contributed by atoms with Gasteiger partial charge in [-0.25, -0.2) is 4.79 Å². The van der Waals surface area contributed by atoms with Crippen LogP contribution in [-0.2, 0) is 10.5 Å². The van der Waals surface area contributed by atoms with Crippen LogP contribution >= 0.6 is 0 Å². The lowest BCUT2D eigenvalue weighted by molar-refractivity contribution is -0.126. The Bertz CT molecular complexity index is 598. The van der Waals surface area contributed by atoms with Crippen LogP contribution in [0.25, 0.3) is 0 Å². The predicted octanol–water partition coefficient (Wildman–Crippen LogP) is -1.00. The maximum absolute atomic E-state index is 12.8. The molecule has 0 saturated carbocycles. The van der Waals surface area contributed by atoms with E-state index in [1.54, 1.807) is 0 Å². The van der Waals surface area contributed by atoms with Crippen molar-refractivity contribution in [3.8, 4) is 0 Å². The summed E-state index contributed by atoms with van der Waals surface area (Å²) in [5.41, 5.74) is -2.39. The van der Waals surface area contributed by atoms with E-state index in [0.717, 1.165) is 4.57 Å². The number of rotatable bonds is 4. The fourth-order valence-electron chi connectivity index (χ4n) is 2.48. The van der Waals surface area contributed by atoms with Crippen LogP contribution < -0.4 is 11.2 Å². The number of aryl methyl sites for hydroxylation is 1. The molecule has 3 N–H and O–H groups in total. The van der Waals surface area contributed by atoms with Gasteiger partial charge in [-0.3, -0.25) is 18.7 Å². The first-order chi connectivity index (χ1) is 9.43. The molecule has 0 spiro atoms. The molecule has 8 heteroatoms. The average molecular weight is 288 g/mol. The van der Waals surface area contributed by atoms with Crippen molar-refractivity contribution in [1.29, 1.82) is 0 Å². The molecule has 0 aliphatic carbocycles. The van der Waals surface area contributed by atoms with E-state index in [0.29, 0.717) is 0 Å². The molecule has 2 rings (SSSR count). The van der Waals surface area contributed by atoms with Crippen LogP contribution in [0.2, 0.25) is 0 Å². The van der Waals surface area contributed by atoms with Crippen molar-refractivity contribution >= 4 is 0 Å². The van der Waals surface area contributed by atoms with Gasteiger partial charge in [0, 0.05) is 24.6 Å². The zero-order valence-corrected chi connectivity index (χ0v) is 11.0. The number of aliphatic hydroxyl groups is 2. The second kappa shape index (κ2) is 5.47. The number of aliphatic hydroxyl groups excluding tert-OH is 2. The number of nitrogens with zero attached hydrogens (tertiary/aromatic N) is 1. The Morgan fingerprint density at radius 3 is 2.85 bits per heavy atom. The van der Waals surface area contributed by atoms with Crippen LogP contribution in [0.1, 0.15) is 18.4 Å². The van der Waals surface area contributed by atoms with Crippen LogP contribution in [0, 0.1) is 6.92 Å². The van der Waals surface area contributed by atoms with Crippen LogP contribution in [0.15, 0.2) is 15.8 Å². The highest BCUT2D eigenvalue weighted by Gasteiger charge is 2.47. The van der Waals surface area contributed by atoms with Crippen molar-refractivity contribution in [2.45, 2.75) is 37.7 Å². The van der Waals surface area contributed by atoms with Crippen molar-refractivity contribution in [3.05, 3.63) is 32.6 Å². The van der Waals surface area contributed by atoms with Crippen molar-refractivity contribution in [1.82, 2.24) is 9.55 Å². The predicted molar refractivity (Wildman–Crippen MR) is 67.2 cm³/mol. The number of ether oxygens (including phenoxy) is 1. The largest absolute Gasteiger partial charge is 0.394 e. The number of aromatic nitrogens is 2. The van der Waals surface area contributed by atoms with Gasteiger partial charge in [-0.15, -0.1) is 0 Å². The molecule has 0 bridgehead atoms. The minimum Gasteiger partial charge on any atom is -0.394 e. The van der Waals surface area contributed by atoms with Crippen molar-refractivity contribution in [2.75, 3.05) is 13.3 Å². The first-order valence-corrected chi connectivity index (χ1v) is 6.29. The number of hydrogen-bond donors (Lipinski definition) is 3. The minimum absolute atomic E-state index is 0.0342. The van der Waals surface area contributed by atoms with E-state index in [-0.39, 0.29) is 18.4 Å². The van der Waals surface area contributed by atoms with Gasteiger partial charge in [0.05, 0.1) is 19.4 Å². The number of hydrogen-bond acceptors (Lipinski definition) is 5. The quantitative estimate of drug-likeness (QED) is 0.659. The maximum atomic E-state index is 12.8. The highest BCUT2D eigenvalue weighted by molar-refractivity contribution is 5.04. The summed E-state index contributed by atoms with van der Waals surface area (Å²) in [6.07, 6.45) is -0.811. The van der Waals surface area contributed by atoms with Gasteiger partial charge in [-0.05, 0) is 6.92 Å². The van der Waals surface area contributed by atoms with E-state index in [1.807, 2.05) is 0 Å². The van der Waals surface area contributed by atoms with E-state index in [9.17, 15) is 19.1 Å². The third-order valence-electron chi connectivity index (χ3n) is 3.55. The Balaban J connectivity index is 2.52. The second-order valence-corrected chi connectivity index (χ2v) is 4.94. The van der Waals surface area contributed by atoms with Crippen LogP contribution in [0.5, 0.6) is 0 Å². The monoisotopic (exact) mass is 288 g/mol.